The van der Waals surface area contributed by atoms with Crippen molar-refractivity contribution in [3.63, 3.8) is 0 Å². The topological polar surface area (TPSA) is 77.9 Å². The van der Waals surface area contributed by atoms with Crippen LogP contribution >= 0.6 is 0 Å². The van der Waals surface area contributed by atoms with Crippen LogP contribution in [0.5, 0.6) is 5.75 Å². The first kappa shape index (κ1) is 21.3. The van der Waals surface area contributed by atoms with E-state index in [0.29, 0.717) is 5.92 Å². The fourth-order valence-electron chi connectivity index (χ4n) is 3.45. The van der Waals surface area contributed by atoms with Gasteiger partial charge in [0.2, 0.25) is 10.0 Å². The predicted octanol–water partition coefficient (Wildman–Crippen LogP) is 3.22. The van der Waals surface area contributed by atoms with Gasteiger partial charge in [0.05, 0.1) is 10.5 Å². The van der Waals surface area contributed by atoms with Gasteiger partial charge in [0, 0.05) is 26.2 Å². The van der Waals surface area contributed by atoms with Gasteiger partial charge in [-0.1, -0.05) is 39.0 Å². The molecule has 0 spiro atoms. The lowest BCUT2D eigenvalue weighted by atomic mass is 10.0. The van der Waals surface area contributed by atoms with Gasteiger partial charge in [0.15, 0.2) is 0 Å². The van der Waals surface area contributed by atoms with Crippen LogP contribution in [0.1, 0.15) is 48.2 Å². The van der Waals surface area contributed by atoms with Crippen molar-refractivity contribution in [2.75, 3.05) is 26.2 Å². The van der Waals surface area contributed by atoms with Crippen molar-refractivity contribution in [2.45, 2.75) is 38.0 Å². The number of carbonyl (C=O) groups excluding carboxylic acids is 1. The molecule has 0 saturated carbocycles. The zero-order chi connectivity index (χ0) is 21.2. The molecule has 0 unspecified atom stereocenters. The van der Waals surface area contributed by atoms with E-state index in [-0.39, 0.29) is 48.3 Å². The summed E-state index contributed by atoms with van der Waals surface area (Å²) in [5.41, 5.74) is 2.33. The van der Waals surface area contributed by atoms with Crippen molar-refractivity contribution in [1.29, 1.82) is 0 Å². The number of hydrogen-bond acceptors (Lipinski definition) is 4. The second kappa shape index (κ2) is 8.55. The summed E-state index contributed by atoms with van der Waals surface area (Å²) in [6.07, 6.45) is 0.766. The molecule has 1 N–H and O–H groups in total. The molecule has 0 aliphatic carbocycles. The molecule has 7 heteroatoms. The van der Waals surface area contributed by atoms with Gasteiger partial charge in [-0.2, -0.15) is 4.31 Å². The molecular formula is C22H28N2O4S. The molecule has 29 heavy (non-hydrogen) atoms. The Balaban J connectivity index is 1.70. The van der Waals surface area contributed by atoms with Crippen LogP contribution in [0.2, 0.25) is 0 Å². The highest BCUT2D eigenvalue weighted by atomic mass is 32.2. The Morgan fingerprint density at radius 1 is 1.03 bits per heavy atom. The van der Waals surface area contributed by atoms with E-state index in [1.807, 2.05) is 19.1 Å². The van der Waals surface area contributed by atoms with Crippen molar-refractivity contribution in [2.24, 2.45) is 0 Å². The van der Waals surface area contributed by atoms with Gasteiger partial charge in [-0.05, 0) is 47.7 Å². The first-order chi connectivity index (χ1) is 13.7. The van der Waals surface area contributed by atoms with Crippen molar-refractivity contribution in [1.82, 2.24) is 9.21 Å². The Bertz CT molecular complexity index is 976. The van der Waals surface area contributed by atoms with E-state index in [2.05, 4.69) is 13.8 Å². The van der Waals surface area contributed by atoms with E-state index >= 15 is 0 Å². The molecule has 1 amide bonds. The molecule has 1 fully saturated rings. The van der Waals surface area contributed by atoms with Crippen LogP contribution in [-0.2, 0) is 16.4 Å². The maximum Gasteiger partial charge on any atom is 0.257 e. The average molecular weight is 417 g/mol. The molecule has 0 aromatic heterocycles. The fourth-order valence-corrected chi connectivity index (χ4v) is 4.87. The number of aromatic hydroxyl groups is 1. The van der Waals surface area contributed by atoms with E-state index < -0.39 is 10.0 Å². The van der Waals surface area contributed by atoms with Gasteiger partial charge >= 0.3 is 0 Å². The zero-order valence-electron chi connectivity index (χ0n) is 17.1. The molecule has 1 aliphatic heterocycles. The second-order valence-electron chi connectivity index (χ2n) is 7.63. The van der Waals surface area contributed by atoms with E-state index in [1.54, 1.807) is 29.2 Å². The molecule has 156 valence electrons. The fraction of sp³-hybridized carbons (Fsp3) is 0.409. The Morgan fingerprint density at radius 2 is 1.66 bits per heavy atom. The maximum absolute atomic E-state index is 12.9. The first-order valence-corrected chi connectivity index (χ1v) is 11.4. The summed E-state index contributed by atoms with van der Waals surface area (Å²) in [5.74, 6) is 0.0209. The minimum atomic E-state index is -3.59. The number of rotatable bonds is 5. The van der Waals surface area contributed by atoms with Crippen molar-refractivity contribution in [3.05, 3.63) is 59.2 Å². The largest absolute Gasteiger partial charge is 0.507 e. The van der Waals surface area contributed by atoms with Crippen LogP contribution in [0.4, 0.5) is 0 Å². The molecule has 1 aliphatic rings. The van der Waals surface area contributed by atoms with E-state index in [0.717, 1.165) is 17.5 Å². The lowest BCUT2D eigenvalue weighted by Crippen LogP contribution is -2.50. The molecule has 0 radical (unpaired) electrons. The highest BCUT2D eigenvalue weighted by Gasteiger charge is 2.31. The quantitative estimate of drug-likeness (QED) is 0.812. The minimum absolute atomic E-state index is 0.0486. The van der Waals surface area contributed by atoms with Gasteiger partial charge in [0.25, 0.3) is 5.91 Å². The minimum Gasteiger partial charge on any atom is -0.507 e. The normalized spacial score (nSPS) is 15.7. The number of carbonyl (C=O) groups is 1. The van der Waals surface area contributed by atoms with Gasteiger partial charge in [-0.15, -0.1) is 0 Å². The van der Waals surface area contributed by atoms with Crippen LogP contribution in [0.25, 0.3) is 0 Å². The smallest absolute Gasteiger partial charge is 0.257 e. The average Bonchev–Trinajstić information content (AvgIpc) is 2.73. The predicted molar refractivity (Wildman–Crippen MR) is 113 cm³/mol. The summed E-state index contributed by atoms with van der Waals surface area (Å²) in [6.45, 7) is 7.15. The van der Waals surface area contributed by atoms with Crippen molar-refractivity contribution in [3.8, 4) is 5.75 Å². The summed E-state index contributed by atoms with van der Waals surface area (Å²) < 4.78 is 27.3. The van der Waals surface area contributed by atoms with Crippen molar-refractivity contribution < 1.29 is 18.3 Å². The number of nitrogens with zero attached hydrogens (tertiary/aromatic N) is 2. The number of amides is 1. The molecule has 6 nitrogen and oxygen atoms in total. The number of phenols is 1. The number of piperazine rings is 1. The Labute approximate surface area is 172 Å². The molecule has 3 rings (SSSR count). The maximum atomic E-state index is 12.9. The van der Waals surface area contributed by atoms with E-state index in [4.69, 9.17) is 0 Å². The number of phenolic OH excluding ortho intramolecular Hbond substituents is 1. The van der Waals surface area contributed by atoms with Gasteiger partial charge < -0.3 is 10.0 Å². The van der Waals surface area contributed by atoms with Crippen molar-refractivity contribution >= 4 is 15.9 Å². The number of sulfonamides is 1. The van der Waals surface area contributed by atoms with Crippen LogP contribution < -0.4 is 0 Å². The highest BCUT2D eigenvalue weighted by molar-refractivity contribution is 7.89. The van der Waals surface area contributed by atoms with Crippen LogP contribution in [-0.4, -0.2) is 54.8 Å². The number of aryl methyl sites for hydroxylation is 1. The SMILES string of the molecule is CCc1ccc(O)c(C(=O)N2CCN(S(=O)(=O)c3ccc(C(C)C)cc3)CC2)c1. The summed E-state index contributed by atoms with van der Waals surface area (Å²) >= 11 is 0. The van der Waals surface area contributed by atoms with Crippen LogP contribution in [0, 0.1) is 0 Å². The molecule has 0 bridgehead atoms. The lowest BCUT2D eigenvalue weighted by molar-refractivity contribution is 0.0694. The Kier molecular flexibility index (Phi) is 6.29. The summed E-state index contributed by atoms with van der Waals surface area (Å²) in [7, 11) is -3.59. The molecule has 2 aromatic rings. The first-order valence-electron chi connectivity index (χ1n) is 9.95. The molecule has 2 aromatic carbocycles. The van der Waals surface area contributed by atoms with Gasteiger partial charge in [-0.3, -0.25) is 4.79 Å². The number of benzene rings is 2. The Hall–Kier alpha value is -2.38. The van der Waals surface area contributed by atoms with Gasteiger partial charge in [-0.25, -0.2) is 8.42 Å². The standard InChI is InChI=1S/C22H28N2O4S/c1-4-17-5-10-21(25)20(15-17)22(26)23-11-13-24(14-12-23)29(27,28)19-8-6-18(7-9-19)16(2)3/h5-10,15-16,25H,4,11-14H2,1-3H3. The number of hydrogen-bond donors (Lipinski definition) is 1. The summed E-state index contributed by atoms with van der Waals surface area (Å²) in [6, 6.07) is 12.0. The third-order valence-electron chi connectivity index (χ3n) is 5.41. The summed E-state index contributed by atoms with van der Waals surface area (Å²) in [4.78, 5) is 14.7. The highest BCUT2D eigenvalue weighted by Crippen LogP contribution is 2.24. The molecule has 0 atom stereocenters. The summed E-state index contributed by atoms with van der Waals surface area (Å²) in [5, 5.41) is 10.1. The molecule has 1 heterocycles. The third kappa shape index (κ3) is 4.46. The van der Waals surface area contributed by atoms with Gasteiger partial charge in [0.1, 0.15) is 5.75 Å². The lowest BCUT2D eigenvalue weighted by Gasteiger charge is -2.34. The Morgan fingerprint density at radius 3 is 2.21 bits per heavy atom. The second-order valence-corrected chi connectivity index (χ2v) is 9.56. The third-order valence-corrected chi connectivity index (χ3v) is 7.32. The monoisotopic (exact) mass is 416 g/mol. The van der Waals surface area contributed by atoms with Crippen LogP contribution in [0.3, 0.4) is 0 Å². The molecule has 1 saturated heterocycles. The van der Waals surface area contributed by atoms with E-state index in [1.165, 1.54) is 10.4 Å². The zero-order valence-corrected chi connectivity index (χ0v) is 17.9. The molecular weight excluding hydrogens is 388 g/mol. The van der Waals surface area contributed by atoms with E-state index in [9.17, 15) is 18.3 Å². The van der Waals surface area contributed by atoms with Crippen LogP contribution in [0.15, 0.2) is 47.4 Å².